The highest BCUT2D eigenvalue weighted by atomic mass is 16.5. The van der Waals surface area contributed by atoms with Crippen molar-refractivity contribution in [2.75, 3.05) is 30.8 Å². The fourth-order valence-corrected chi connectivity index (χ4v) is 2.94. The lowest BCUT2D eigenvalue weighted by molar-refractivity contribution is -0.119. The quantitative estimate of drug-likeness (QED) is 0.574. The van der Waals surface area contributed by atoms with Gasteiger partial charge in [-0.15, -0.1) is 0 Å². The van der Waals surface area contributed by atoms with Crippen LogP contribution >= 0.6 is 0 Å². The zero-order chi connectivity index (χ0) is 21.6. The molecule has 0 fully saturated rings. The fraction of sp³-hybridized carbons (Fsp3) is 0.611. The summed E-state index contributed by atoms with van der Waals surface area (Å²) in [5.74, 6) is 0.673. The number of nitrogens with zero attached hydrogens (tertiary/aromatic N) is 5. The predicted molar refractivity (Wildman–Crippen MR) is 109 cm³/mol. The van der Waals surface area contributed by atoms with E-state index in [-0.39, 0.29) is 37.0 Å². The highest BCUT2D eigenvalue weighted by Gasteiger charge is 2.24. The van der Waals surface area contributed by atoms with Crippen molar-refractivity contribution in [1.82, 2.24) is 24.6 Å². The Bertz CT molecular complexity index is 946. The van der Waals surface area contributed by atoms with E-state index in [2.05, 4.69) is 15.1 Å². The van der Waals surface area contributed by atoms with E-state index in [0.717, 1.165) is 12.8 Å². The topological polar surface area (TPSA) is 143 Å². The number of aromatic nitrogens is 4. The smallest absolute Gasteiger partial charge is 0.330 e. The number of carbonyl (C=O) groups excluding carboxylic acids is 1. The predicted octanol–water partition coefficient (Wildman–Crippen LogP) is 0.349. The highest BCUT2D eigenvalue weighted by Crippen LogP contribution is 2.17. The number of nitrogens with one attached hydrogen (secondary N) is 1. The van der Waals surface area contributed by atoms with Crippen LogP contribution in [-0.2, 0) is 24.3 Å². The molecule has 0 saturated heterocycles. The van der Waals surface area contributed by atoms with E-state index in [0.29, 0.717) is 24.7 Å². The molecule has 29 heavy (non-hydrogen) atoms. The Morgan fingerprint density at radius 3 is 2.59 bits per heavy atom. The molecule has 2 aromatic heterocycles. The van der Waals surface area contributed by atoms with Gasteiger partial charge in [-0.3, -0.25) is 24.0 Å². The van der Waals surface area contributed by atoms with Crippen molar-refractivity contribution in [3.05, 3.63) is 32.6 Å². The van der Waals surface area contributed by atoms with Gasteiger partial charge in [-0.05, 0) is 20.4 Å². The molecule has 2 heterocycles. The van der Waals surface area contributed by atoms with E-state index in [4.69, 9.17) is 10.3 Å². The number of aryl methyl sites for hydroxylation is 1. The molecule has 0 spiro atoms. The Balaban J connectivity index is 2.22. The molecule has 0 radical (unpaired) electrons. The summed E-state index contributed by atoms with van der Waals surface area (Å²) < 4.78 is 6.44. The monoisotopic (exact) mass is 407 g/mol. The van der Waals surface area contributed by atoms with Gasteiger partial charge in [-0.25, -0.2) is 4.79 Å². The normalized spacial score (nSPS) is 11.2. The molecule has 160 valence electrons. The summed E-state index contributed by atoms with van der Waals surface area (Å²) in [6.45, 7) is 6.54. The summed E-state index contributed by atoms with van der Waals surface area (Å²) in [5.41, 5.74) is 4.85. The van der Waals surface area contributed by atoms with Gasteiger partial charge in [0.15, 0.2) is 11.5 Å². The first kappa shape index (κ1) is 22.3. The van der Waals surface area contributed by atoms with Gasteiger partial charge in [-0.2, -0.15) is 4.98 Å². The maximum atomic E-state index is 12.9. The summed E-state index contributed by atoms with van der Waals surface area (Å²) in [6, 6.07) is 0. The van der Waals surface area contributed by atoms with Crippen LogP contribution in [0.2, 0.25) is 0 Å². The van der Waals surface area contributed by atoms with Crippen LogP contribution in [0, 0.1) is 0 Å². The summed E-state index contributed by atoms with van der Waals surface area (Å²) in [5, 5.41) is 3.83. The van der Waals surface area contributed by atoms with Gasteiger partial charge in [0.1, 0.15) is 5.82 Å². The summed E-state index contributed by atoms with van der Waals surface area (Å²) in [7, 11) is 1.73. The second-order valence-corrected chi connectivity index (χ2v) is 6.77. The summed E-state index contributed by atoms with van der Waals surface area (Å²) in [6.07, 6.45) is 2.24. The highest BCUT2D eigenvalue weighted by molar-refractivity contribution is 5.96. The van der Waals surface area contributed by atoms with Crippen LogP contribution in [0.3, 0.4) is 0 Å². The fourth-order valence-electron chi connectivity index (χ4n) is 2.94. The molecular formula is C18H29N7O4. The molecule has 0 saturated carbocycles. The van der Waals surface area contributed by atoms with Gasteiger partial charge in [0.25, 0.3) is 5.56 Å². The lowest BCUT2D eigenvalue weighted by Gasteiger charge is -2.25. The number of hydrogen-bond donors (Lipinski definition) is 2. The number of anilines is 2. The van der Waals surface area contributed by atoms with E-state index >= 15 is 0 Å². The van der Waals surface area contributed by atoms with Gasteiger partial charge < -0.3 is 15.2 Å². The molecule has 2 rings (SSSR count). The van der Waals surface area contributed by atoms with Gasteiger partial charge >= 0.3 is 5.69 Å². The standard InChI is InChI=1S/C18H29N7O4/c1-5-8-9-25-16(19)15(17(27)21-18(25)28)24(7-3)14(26)11-23(4)10-13-20-12(6-2)22-29-13/h5-11,19H2,1-4H3,(H,21,27,28). The third kappa shape index (κ3) is 5.31. The minimum absolute atomic E-state index is 0.00461. The van der Waals surface area contributed by atoms with Gasteiger partial charge in [0, 0.05) is 19.5 Å². The van der Waals surface area contributed by atoms with Crippen molar-refractivity contribution >= 4 is 17.4 Å². The van der Waals surface area contributed by atoms with Crippen molar-refractivity contribution in [2.45, 2.75) is 53.1 Å². The molecule has 0 aliphatic carbocycles. The summed E-state index contributed by atoms with van der Waals surface area (Å²) >= 11 is 0. The van der Waals surface area contributed by atoms with Crippen LogP contribution in [0.5, 0.6) is 0 Å². The third-order valence-electron chi connectivity index (χ3n) is 4.47. The van der Waals surface area contributed by atoms with Crippen molar-refractivity contribution < 1.29 is 9.32 Å². The van der Waals surface area contributed by atoms with Crippen LogP contribution in [0.15, 0.2) is 14.1 Å². The molecule has 0 aliphatic heterocycles. The minimum Gasteiger partial charge on any atom is -0.383 e. The average molecular weight is 407 g/mol. The van der Waals surface area contributed by atoms with E-state index in [1.54, 1.807) is 18.9 Å². The molecule has 2 aromatic rings. The van der Waals surface area contributed by atoms with Crippen LogP contribution in [0.4, 0.5) is 11.5 Å². The molecule has 0 bridgehead atoms. The van der Waals surface area contributed by atoms with Crippen molar-refractivity contribution in [3.63, 3.8) is 0 Å². The second kappa shape index (κ2) is 10.0. The number of rotatable bonds is 10. The number of hydrogen-bond acceptors (Lipinski definition) is 8. The first-order valence-corrected chi connectivity index (χ1v) is 9.75. The zero-order valence-corrected chi connectivity index (χ0v) is 17.4. The average Bonchev–Trinajstić information content (AvgIpc) is 3.12. The lowest BCUT2D eigenvalue weighted by Crippen LogP contribution is -2.44. The Morgan fingerprint density at radius 2 is 2.00 bits per heavy atom. The Kier molecular flexibility index (Phi) is 7.71. The second-order valence-electron chi connectivity index (χ2n) is 6.77. The van der Waals surface area contributed by atoms with E-state index in [1.807, 2.05) is 13.8 Å². The minimum atomic E-state index is -0.678. The van der Waals surface area contributed by atoms with Crippen molar-refractivity contribution in [1.29, 1.82) is 0 Å². The first-order valence-electron chi connectivity index (χ1n) is 9.75. The van der Waals surface area contributed by atoms with Gasteiger partial charge in [0.05, 0.1) is 13.1 Å². The van der Waals surface area contributed by atoms with Crippen LogP contribution in [-0.4, -0.2) is 50.6 Å². The molecule has 0 unspecified atom stereocenters. The molecule has 11 heteroatoms. The first-order chi connectivity index (χ1) is 13.8. The van der Waals surface area contributed by atoms with Crippen LogP contribution in [0.1, 0.15) is 45.3 Å². The largest absolute Gasteiger partial charge is 0.383 e. The Hall–Kier alpha value is -2.95. The number of aromatic amines is 1. The molecule has 11 nitrogen and oxygen atoms in total. The summed E-state index contributed by atoms with van der Waals surface area (Å²) in [4.78, 5) is 46.9. The van der Waals surface area contributed by atoms with E-state index < -0.39 is 11.2 Å². The van der Waals surface area contributed by atoms with E-state index in [1.165, 1.54) is 9.47 Å². The van der Waals surface area contributed by atoms with Crippen molar-refractivity contribution in [2.24, 2.45) is 0 Å². The SMILES string of the molecule is CCCCn1c(N)c(N(CC)C(=O)CN(C)Cc2nc(CC)no2)c(=O)[nH]c1=O. The number of amides is 1. The van der Waals surface area contributed by atoms with Crippen LogP contribution < -0.4 is 21.9 Å². The van der Waals surface area contributed by atoms with Crippen LogP contribution in [0.25, 0.3) is 0 Å². The number of carbonyl (C=O) groups is 1. The molecule has 1 amide bonds. The third-order valence-corrected chi connectivity index (χ3v) is 4.47. The van der Waals surface area contributed by atoms with Gasteiger partial charge in [0.2, 0.25) is 11.8 Å². The molecular weight excluding hydrogens is 378 g/mol. The Labute approximate surface area is 168 Å². The maximum absolute atomic E-state index is 12.9. The Morgan fingerprint density at radius 1 is 1.28 bits per heavy atom. The number of nitrogen functional groups attached to an aromatic ring is 1. The number of unbranched alkanes of at least 4 members (excludes halogenated alkanes) is 1. The maximum Gasteiger partial charge on any atom is 0.330 e. The van der Waals surface area contributed by atoms with Crippen molar-refractivity contribution in [3.8, 4) is 0 Å². The number of H-pyrrole nitrogens is 1. The zero-order valence-electron chi connectivity index (χ0n) is 17.4. The van der Waals surface area contributed by atoms with Gasteiger partial charge in [-0.1, -0.05) is 25.4 Å². The molecule has 0 aliphatic rings. The lowest BCUT2D eigenvalue weighted by atomic mass is 10.3. The molecule has 0 aromatic carbocycles. The number of nitrogens with two attached hydrogens (primary N) is 1. The molecule has 0 atom stereocenters. The number of likely N-dealkylation sites (N-methyl/N-ethyl adjacent to an activating group) is 2. The molecule has 3 N–H and O–H groups in total. The van der Waals surface area contributed by atoms with E-state index in [9.17, 15) is 14.4 Å².